The summed E-state index contributed by atoms with van der Waals surface area (Å²) in [5.74, 6) is -2.11. The van der Waals surface area contributed by atoms with Crippen molar-refractivity contribution in [2.75, 3.05) is 5.73 Å². The van der Waals surface area contributed by atoms with Gasteiger partial charge in [-0.2, -0.15) is 0 Å². The topological polar surface area (TPSA) is 66.2 Å². The number of carboxylic acid groups (broad SMARTS) is 1. The van der Waals surface area contributed by atoms with E-state index >= 15 is 0 Å². The van der Waals surface area contributed by atoms with E-state index in [9.17, 15) is 14.3 Å². The summed E-state index contributed by atoms with van der Waals surface area (Å²) in [4.78, 5) is 10.2. The van der Waals surface area contributed by atoms with Gasteiger partial charge in [-0.15, -0.1) is 0 Å². The predicted octanol–water partition coefficient (Wildman–Crippen LogP) is -3.22. The third kappa shape index (κ3) is 2.48. The van der Waals surface area contributed by atoms with Crippen LogP contribution in [0, 0.1) is 5.82 Å². The van der Waals surface area contributed by atoms with E-state index in [4.69, 9.17) is 5.73 Å². The van der Waals surface area contributed by atoms with Crippen molar-refractivity contribution in [3.8, 4) is 0 Å². The molecule has 0 unspecified atom stereocenters. The fraction of sp³-hybridized carbons (Fsp3) is 0. The molecule has 0 heterocycles. The van der Waals surface area contributed by atoms with Crippen LogP contribution in [0.2, 0.25) is 0 Å². The van der Waals surface area contributed by atoms with Gasteiger partial charge >= 0.3 is 29.6 Å². The van der Waals surface area contributed by atoms with E-state index in [1.807, 2.05) is 0 Å². The van der Waals surface area contributed by atoms with Gasteiger partial charge in [0.25, 0.3) is 0 Å². The van der Waals surface area contributed by atoms with Crippen LogP contribution < -0.4 is 40.4 Å². The Kier molecular flexibility index (Phi) is 4.23. The zero-order chi connectivity index (χ0) is 8.43. The molecule has 0 aliphatic heterocycles. The molecule has 0 bridgehead atoms. The molecule has 0 radical (unpaired) electrons. The maximum absolute atomic E-state index is 12.4. The number of aromatic carboxylic acids is 1. The Balaban J connectivity index is 0.00000121. The number of hydrogen-bond acceptors (Lipinski definition) is 3. The van der Waals surface area contributed by atoms with Gasteiger partial charge in [0.15, 0.2) is 0 Å². The summed E-state index contributed by atoms with van der Waals surface area (Å²) in [7, 11) is 0. The fourth-order valence-electron chi connectivity index (χ4n) is 0.705. The molecule has 2 N–H and O–H groups in total. The summed E-state index contributed by atoms with van der Waals surface area (Å²) < 4.78 is 12.4. The Hall–Kier alpha value is -0.580. The molecule has 0 aromatic heterocycles. The SMILES string of the molecule is Nc1ccc(F)cc1C(=O)[O-].[Na+]. The third-order valence-electron chi connectivity index (χ3n) is 1.24. The smallest absolute Gasteiger partial charge is 0.545 e. The van der Waals surface area contributed by atoms with Crippen molar-refractivity contribution < 1.29 is 43.8 Å². The molecule has 0 amide bonds. The standard InChI is InChI=1S/C7H6FNO2.Na/c8-4-1-2-6(9)5(3-4)7(10)11;/h1-3H,9H2,(H,10,11);/q;+1/p-1. The first-order chi connectivity index (χ1) is 5.11. The number of carbonyl (C=O) groups is 1. The van der Waals surface area contributed by atoms with Crippen LogP contribution in [0.4, 0.5) is 10.1 Å². The van der Waals surface area contributed by atoms with Crippen molar-refractivity contribution in [1.29, 1.82) is 0 Å². The predicted molar refractivity (Wildman–Crippen MR) is 35.1 cm³/mol. The second-order valence-corrected chi connectivity index (χ2v) is 2.02. The van der Waals surface area contributed by atoms with E-state index in [-0.39, 0.29) is 40.8 Å². The van der Waals surface area contributed by atoms with Crippen LogP contribution in [-0.4, -0.2) is 5.97 Å². The average Bonchev–Trinajstić information content (AvgIpc) is 1.94. The minimum absolute atomic E-state index is 0. The van der Waals surface area contributed by atoms with E-state index in [1.54, 1.807) is 0 Å². The minimum atomic E-state index is -1.47. The number of anilines is 1. The van der Waals surface area contributed by atoms with E-state index in [0.717, 1.165) is 12.1 Å². The van der Waals surface area contributed by atoms with Gasteiger partial charge in [0.05, 0.1) is 5.97 Å². The molecule has 0 aliphatic carbocycles. The number of nitrogen functional groups attached to an aromatic ring is 1. The molecule has 58 valence electrons. The molecule has 1 aromatic rings. The van der Waals surface area contributed by atoms with Crippen molar-refractivity contribution in [3.63, 3.8) is 0 Å². The number of halogens is 1. The average molecular weight is 177 g/mol. The minimum Gasteiger partial charge on any atom is -0.545 e. The summed E-state index contributed by atoms with van der Waals surface area (Å²) in [5, 5.41) is 10.2. The summed E-state index contributed by atoms with van der Waals surface area (Å²) in [6, 6.07) is 3.09. The largest absolute Gasteiger partial charge is 1.00 e. The second kappa shape index (κ2) is 4.45. The Morgan fingerprint density at radius 1 is 1.50 bits per heavy atom. The number of benzene rings is 1. The van der Waals surface area contributed by atoms with Gasteiger partial charge in [-0.25, -0.2) is 4.39 Å². The molecule has 5 heteroatoms. The fourth-order valence-corrected chi connectivity index (χ4v) is 0.705. The molecule has 0 spiro atoms. The maximum atomic E-state index is 12.4. The van der Waals surface area contributed by atoms with Gasteiger partial charge < -0.3 is 15.6 Å². The van der Waals surface area contributed by atoms with Crippen molar-refractivity contribution in [2.24, 2.45) is 0 Å². The van der Waals surface area contributed by atoms with Crippen molar-refractivity contribution in [2.45, 2.75) is 0 Å². The molecular formula is C7H5FNNaO2. The van der Waals surface area contributed by atoms with Gasteiger partial charge in [0.2, 0.25) is 0 Å². The first kappa shape index (κ1) is 11.4. The number of rotatable bonds is 1. The normalized spacial score (nSPS) is 8.75. The van der Waals surface area contributed by atoms with Crippen molar-refractivity contribution >= 4 is 11.7 Å². The van der Waals surface area contributed by atoms with Gasteiger partial charge in [-0.3, -0.25) is 0 Å². The molecule has 1 aromatic carbocycles. The van der Waals surface area contributed by atoms with Crippen LogP contribution in [0.15, 0.2) is 18.2 Å². The Morgan fingerprint density at radius 3 is 2.50 bits per heavy atom. The van der Waals surface area contributed by atoms with Gasteiger partial charge in [-0.05, 0) is 18.2 Å². The Bertz CT molecular complexity index is 303. The maximum Gasteiger partial charge on any atom is 1.00 e. The Labute approximate surface area is 90.7 Å². The zero-order valence-electron chi connectivity index (χ0n) is 6.50. The number of carboxylic acids is 1. The van der Waals surface area contributed by atoms with Crippen molar-refractivity contribution in [3.05, 3.63) is 29.6 Å². The molecule has 0 saturated carbocycles. The van der Waals surface area contributed by atoms with Gasteiger partial charge in [0, 0.05) is 11.3 Å². The quantitative estimate of drug-likeness (QED) is 0.362. The van der Waals surface area contributed by atoms with Crippen LogP contribution in [0.5, 0.6) is 0 Å². The van der Waals surface area contributed by atoms with E-state index in [1.165, 1.54) is 6.07 Å². The number of carbonyl (C=O) groups excluding carboxylic acids is 1. The third-order valence-corrected chi connectivity index (χ3v) is 1.24. The molecule has 3 nitrogen and oxygen atoms in total. The van der Waals surface area contributed by atoms with Crippen LogP contribution in [-0.2, 0) is 0 Å². The second-order valence-electron chi connectivity index (χ2n) is 2.02. The van der Waals surface area contributed by atoms with Crippen LogP contribution in [0.1, 0.15) is 10.4 Å². The zero-order valence-corrected chi connectivity index (χ0v) is 8.50. The molecule has 1 rings (SSSR count). The summed E-state index contributed by atoms with van der Waals surface area (Å²) in [6.45, 7) is 0. The van der Waals surface area contributed by atoms with Gasteiger partial charge in [0.1, 0.15) is 5.82 Å². The van der Waals surface area contributed by atoms with Gasteiger partial charge in [-0.1, -0.05) is 0 Å². The molecule has 0 atom stereocenters. The summed E-state index contributed by atoms with van der Waals surface area (Å²) in [6.07, 6.45) is 0. The van der Waals surface area contributed by atoms with E-state index in [2.05, 4.69) is 0 Å². The number of hydrogen-bond donors (Lipinski definition) is 1. The Morgan fingerprint density at radius 2 is 2.08 bits per heavy atom. The summed E-state index contributed by atoms with van der Waals surface area (Å²) >= 11 is 0. The molecule has 12 heavy (non-hydrogen) atoms. The van der Waals surface area contributed by atoms with Crippen LogP contribution >= 0.6 is 0 Å². The van der Waals surface area contributed by atoms with E-state index < -0.39 is 11.8 Å². The van der Waals surface area contributed by atoms with Crippen LogP contribution in [0.3, 0.4) is 0 Å². The first-order valence-electron chi connectivity index (χ1n) is 2.87. The van der Waals surface area contributed by atoms with Crippen molar-refractivity contribution in [1.82, 2.24) is 0 Å². The molecule has 0 saturated heterocycles. The summed E-state index contributed by atoms with van der Waals surface area (Å²) in [5.41, 5.74) is 4.89. The molecule has 0 fully saturated rings. The first-order valence-corrected chi connectivity index (χ1v) is 2.87. The molecular weight excluding hydrogens is 172 g/mol. The molecule has 0 aliphatic rings. The monoisotopic (exact) mass is 177 g/mol. The van der Waals surface area contributed by atoms with E-state index in [0.29, 0.717) is 0 Å². The van der Waals surface area contributed by atoms with Crippen LogP contribution in [0.25, 0.3) is 0 Å². The number of nitrogens with two attached hydrogens (primary N) is 1.